The molecule has 40 heavy (non-hydrogen) atoms. The number of amides is 1. The van der Waals surface area contributed by atoms with E-state index in [2.05, 4.69) is 5.32 Å². The zero-order chi connectivity index (χ0) is 28.7. The zero-order valence-corrected chi connectivity index (χ0v) is 23.9. The van der Waals surface area contributed by atoms with Crippen LogP contribution in [-0.2, 0) is 12.6 Å². The van der Waals surface area contributed by atoms with Crippen molar-refractivity contribution in [2.45, 2.75) is 96.0 Å². The summed E-state index contributed by atoms with van der Waals surface area (Å²) in [5.41, 5.74) is 6.41. The maximum atomic E-state index is 12.4. The molecule has 2 aliphatic carbocycles. The van der Waals surface area contributed by atoms with E-state index in [0.717, 1.165) is 49.8 Å². The van der Waals surface area contributed by atoms with Crippen molar-refractivity contribution in [3.8, 4) is 11.5 Å². The monoisotopic (exact) mass is 550 g/mol. The van der Waals surface area contributed by atoms with Crippen LogP contribution in [0.15, 0.2) is 36.4 Å². The fraction of sp³-hybridized carbons (Fsp3) is 0.548. The molecule has 1 heterocycles. The number of carboxylic acid groups (broad SMARTS) is 1. The lowest BCUT2D eigenvalue weighted by Gasteiger charge is -2.48. The van der Waals surface area contributed by atoms with Crippen LogP contribution in [0.2, 0.25) is 0 Å². The molecule has 2 aromatic carbocycles. The van der Waals surface area contributed by atoms with Crippen LogP contribution in [0.5, 0.6) is 11.5 Å². The van der Waals surface area contributed by atoms with Gasteiger partial charge in [0.2, 0.25) is 0 Å². The van der Waals surface area contributed by atoms with E-state index < -0.39 is 23.2 Å². The summed E-state index contributed by atoms with van der Waals surface area (Å²) in [7, 11) is 1.82. The summed E-state index contributed by atoms with van der Waals surface area (Å²) in [6, 6.07) is 11.0. The Kier molecular flexibility index (Phi) is 7.61. The van der Waals surface area contributed by atoms with Crippen LogP contribution < -0.4 is 20.5 Å². The summed E-state index contributed by atoms with van der Waals surface area (Å²) in [6.45, 7) is 5.64. The third-order valence-electron chi connectivity index (χ3n) is 8.69. The maximum absolute atomic E-state index is 12.4. The van der Waals surface area contributed by atoms with Crippen LogP contribution in [0.1, 0.15) is 89.6 Å². The van der Waals surface area contributed by atoms with Gasteiger partial charge >= 0.3 is 6.09 Å². The summed E-state index contributed by atoms with van der Waals surface area (Å²) in [5, 5.41) is 25.0. The molecule has 2 saturated carbocycles. The van der Waals surface area contributed by atoms with Gasteiger partial charge in [-0.15, -0.1) is 0 Å². The first kappa shape index (κ1) is 28.1. The van der Waals surface area contributed by atoms with Gasteiger partial charge in [0.25, 0.3) is 0 Å². The maximum Gasteiger partial charge on any atom is 0.405 e. The Hall–Kier alpha value is -3.46. The van der Waals surface area contributed by atoms with Crippen LogP contribution in [-0.4, -0.2) is 38.1 Å². The normalized spacial score (nSPS) is 19.0. The first-order chi connectivity index (χ1) is 19.0. The summed E-state index contributed by atoms with van der Waals surface area (Å²) in [5.74, 6) is 1.68. The van der Waals surface area contributed by atoms with Crippen molar-refractivity contribution in [3.63, 3.8) is 0 Å². The topological polar surface area (TPSA) is 132 Å². The number of nitrogens with zero attached hydrogens (tertiary/aromatic N) is 2. The molecule has 2 aliphatic rings. The Balaban J connectivity index is 1.60. The molecule has 2 fully saturated rings. The predicted molar refractivity (Wildman–Crippen MR) is 155 cm³/mol. The first-order valence-electron chi connectivity index (χ1n) is 14.4. The fourth-order valence-electron chi connectivity index (χ4n) is 6.50. The molecule has 0 bridgehead atoms. The molecule has 216 valence electrons. The highest BCUT2D eigenvalue weighted by molar-refractivity contribution is 5.78. The van der Waals surface area contributed by atoms with Gasteiger partial charge in [-0.2, -0.15) is 0 Å². The number of nitrogen functional groups attached to an aromatic ring is 1. The number of nitrogens with two attached hydrogens (primary N) is 1. The molecule has 9 heteroatoms. The van der Waals surface area contributed by atoms with Crippen molar-refractivity contribution in [3.05, 3.63) is 47.8 Å². The molecule has 1 aromatic heterocycles. The van der Waals surface area contributed by atoms with Gasteiger partial charge < -0.3 is 35.3 Å². The largest absolute Gasteiger partial charge is 0.490 e. The number of aromatic nitrogens is 2. The van der Waals surface area contributed by atoms with E-state index in [-0.39, 0.29) is 12.2 Å². The Morgan fingerprint density at radius 2 is 1.55 bits per heavy atom. The minimum absolute atomic E-state index is 0.110. The number of aliphatic hydroxyl groups is 1. The number of rotatable bonds is 8. The molecular formula is C31H42N4O5. The Morgan fingerprint density at radius 3 is 2.10 bits per heavy atom. The van der Waals surface area contributed by atoms with E-state index in [1.54, 1.807) is 22.8 Å². The average Bonchev–Trinajstić information content (AvgIpc) is 3.66. The van der Waals surface area contributed by atoms with Gasteiger partial charge in [0.1, 0.15) is 29.0 Å². The van der Waals surface area contributed by atoms with Gasteiger partial charge in [0.05, 0.1) is 23.2 Å². The number of anilines is 1. The van der Waals surface area contributed by atoms with E-state index in [4.69, 9.17) is 20.2 Å². The number of fused-ring (bicyclic) bond motifs is 1. The number of ether oxygens (including phenoxy) is 2. The van der Waals surface area contributed by atoms with Gasteiger partial charge in [-0.3, -0.25) is 0 Å². The molecule has 0 saturated heterocycles. The molecule has 0 spiro atoms. The number of hydrogen-bond donors (Lipinski definition) is 4. The third kappa shape index (κ3) is 5.19. The van der Waals surface area contributed by atoms with E-state index in [1.807, 2.05) is 46.0 Å². The van der Waals surface area contributed by atoms with Gasteiger partial charge in [-0.25, -0.2) is 9.78 Å². The van der Waals surface area contributed by atoms with Crippen molar-refractivity contribution in [1.29, 1.82) is 0 Å². The van der Waals surface area contributed by atoms with E-state index in [0.29, 0.717) is 28.3 Å². The summed E-state index contributed by atoms with van der Waals surface area (Å²) in [6.07, 6.45) is 6.32. The number of carbonyl (C=O) groups is 1. The second-order valence-corrected chi connectivity index (χ2v) is 12.4. The number of nitrogens with one attached hydrogen (secondary N) is 1. The Labute approximate surface area is 235 Å². The lowest BCUT2D eigenvalue weighted by Crippen LogP contribution is -2.58. The lowest BCUT2D eigenvalue weighted by atomic mass is 9.65. The molecular weight excluding hydrogens is 508 g/mol. The summed E-state index contributed by atoms with van der Waals surface area (Å²) in [4.78, 5) is 17.2. The third-order valence-corrected chi connectivity index (χ3v) is 8.69. The smallest absolute Gasteiger partial charge is 0.405 e. The molecule has 2 unspecified atom stereocenters. The van der Waals surface area contributed by atoms with Gasteiger partial charge in [0.15, 0.2) is 0 Å². The number of hydrogen-bond acceptors (Lipinski definition) is 6. The minimum Gasteiger partial charge on any atom is -0.490 e. The molecule has 0 aliphatic heterocycles. The van der Waals surface area contributed by atoms with Gasteiger partial charge in [-0.05, 0) is 87.1 Å². The quantitative estimate of drug-likeness (QED) is 0.251. The lowest BCUT2D eigenvalue weighted by molar-refractivity contribution is -0.0210. The zero-order valence-electron chi connectivity index (χ0n) is 23.9. The van der Waals surface area contributed by atoms with Crippen molar-refractivity contribution in [1.82, 2.24) is 14.9 Å². The molecule has 2 atom stereocenters. The van der Waals surface area contributed by atoms with E-state index >= 15 is 0 Å². The highest BCUT2D eigenvalue weighted by Gasteiger charge is 2.54. The second-order valence-electron chi connectivity index (χ2n) is 12.4. The van der Waals surface area contributed by atoms with E-state index in [9.17, 15) is 15.0 Å². The van der Waals surface area contributed by atoms with Crippen LogP contribution in [0.25, 0.3) is 11.0 Å². The fourth-order valence-corrected chi connectivity index (χ4v) is 6.50. The second kappa shape index (κ2) is 10.8. The molecule has 0 radical (unpaired) electrons. The number of aliphatic hydroxyl groups excluding tert-OH is 1. The highest BCUT2D eigenvalue weighted by atomic mass is 16.5. The molecule has 1 amide bonds. The standard InChI is InChI=1S/C31H42N4O5/c1-30(2,3)31(34-29(37)38,23-17-21(13-15-24(23)32)39-19-9-5-6-10-19)27(36)28-33-25-16-14-22(18-26(25)35(28)4)40-20-11-7-8-12-20/h13-20,27,34,36H,5-12,32H2,1-4H3,(H,37,38). The van der Waals surface area contributed by atoms with Crippen molar-refractivity contribution in [2.75, 3.05) is 5.73 Å². The van der Waals surface area contributed by atoms with Crippen molar-refractivity contribution >= 4 is 22.8 Å². The van der Waals surface area contributed by atoms with Crippen molar-refractivity contribution < 1.29 is 24.5 Å². The first-order valence-corrected chi connectivity index (χ1v) is 14.4. The van der Waals surface area contributed by atoms with Gasteiger partial charge in [-0.1, -0.05) is 20.8 Å². The van der Waals surface area contributed by atoms with Crippen LogP contribution >= 0.6 is 0 Å². The molecule has 9 nitrogen and oxygen atoms in total. The predicted octanol–water partition coefficient (Wildman–Crippen LogP) is 6.04. The molecule has 5 rings (SSSR count). The molecule has 5 N–H and O–H groups in total. The van der Waals surface area contributed by atoms with Crippen LogP contribution in [0.3, 0.4) is 0 Å². The Morgan fingerprint density at radius 1 is 1.00 bits per heavy atom. The van der Waals surface area contributed by atoms with Crippen LogP contribution in [0, 0.1) is 5.41 Å². The number of benzene rings is 2. The summed E-state index contributed by atoms with van der Waals surface area (Å²) >= 11 is 0. The average molecular weight is 551 g/mol. The van der Waals surface area contributed by atoms with Crippen molar-refractivity contribution in [2.24, 2.45) is 12.5 Å². The summed E-state index contributed by atoms with van der Waals surface area (Å²) < 4.78 is 14.3. The molecule has 3 aromatic rings. The van der Waals surface area contributed by atoms with Crippen LogP contribution in [0.4, 0.5) is 10.5 Å². The SMILES string of the molecule is Cn1c(C(O)C(NC(=O)O)(c2cc(OC3CCCC3)ccc2N)C(C)(C)C)nc2ccc(OC3CCCC3)cc21. The minimum atomic E-state index is -1.56. The number of imidazole rings is 1. The Bertz CT molecular complexity index is 1370. The highest BCUT2D eigenvalue weighted by Crippen LogP contribution is 2.51. The van der Waals surface area contributed by atoms with E-state index in [1.165, 1.54) is 12.8 Å². The van der Waals surface area contributed by atoms with Gasteiger partial charge in [0, 0.05) is 24.4 Å². The number of aryl methyl sites for hydroxylation is 1.